The molecule has 0 bridgehead atoms. The van der Waals surface area contributed by atoms with E-state index in [-0.39, 0.29) is 24.5 Å². The highest BCUT2D eigenvalue weighted by Crippen LogP contribution is 2.34. The lowest BCUT2D eigenvalue weighted by Gasteiger charge is -2.16. The van der Waals surface area contributed by atoms with Crippen LogP contribution in [0.4, 0.5) is 0 Å². The molecule has 1 unspecified atom stereocenters. The molecule has 118 valence electrons. The van der Waals surface area contributed by atoms with Crippen molar-refractivity contribution in [3.05, 3.63) is 50.2 Å². The highest BCUT2D eigenvalue weighted by molar-refractivity contribution is 7.08. The van der Waals surface area contributed by atoms with Gasteiger partial charge in [-0.3, -0.25) is 9.59 Å². The lowest BCUT2D eigenvalue weighted by atomic mass is 9.94. The Bertz CT molecular complexity index is 689. The maximum Gasteiger partial charge on any atom is 0.306 e. The highest BCUT2D eigenvalue weighted by Gasteiger charge is 2.26. The molecule has 22 heavy (non-hydrogen) atoms. The summed E-state index contributed by atoms with van der Waals surface area (Å²) in [4.78, 5) is 23.6. The van der Waals surface area contributed by atoms with Gasteiger partial charge < -0.3 is 19.4 Å². The minimum atomic E-state index is -0.658. The summed E-state index contributed by atoms with van der Waals surface area (Å²) in [5.74, 6) is -1.68. The van der Waals surface area contributed by atoms with Crippen LogP contribution in [-0.4, -0.2) is 22.8 Å². The molecule has 2 aromatic heterocycles. The van der Waals surface area contributed by atoms with E-state index in [1.54, 1.807) is 18.4 Å². The van der Waals surface area contributed by atoms with Crippen LogP contribution in [0.15, 0.2) is 32.1 Å². The van der Waals surface area contributed by atoms with Gasteiger partial charge in [-0.25, -0.2) is 0 Å². The Morgan fingerprint density at radius 1 is 1.50 bits per heavy atom. The Morgan fingerprint density at radius 3 is 2.86 bits per heavy atom. The molecule has 0 aromatic carbocycles. The molecule has 0 spiro atoms. The van der Waals surface area contributed by atoms with E-state index in [1.807, 2.05) is 5.38 Å². The van der Waals surface area contributed by atoms with Gasteiger partial charge in [-0.1, -0.05) is 0 Å². The second-order valence-corrected chi connectivity index (χ2v) is 5.35. The van der Waals surface area contributed by atoms with Gasteiger partial charge in [-0.05, 0) is 29.3 Å². The largest absolute Gasteiger partial charge is 0.502 e. The SMILES string of the molecule is CCOC(=O)CC(c1ccsc1)c1oc(CO)cc(=O)c1O. The summed E-state index contributed by atoms with van der Waals surface area (Å²) < 4.78 is 10.3. The minimum Gasteiger partial charge on any atom is -0.502 e. The fourth-order valence-corrected chi connectivity index (χ4v) is 2.81. The van der Waals surface area contributed by atoms with Crippen molar-refractivity contribution >= 4 is 17.3 Å². The number of carbonyl (C=O) groups excluding carboxylic acids is 1. The molecule has 0 fully saturated rings. The predicted octanol–water partition coefficient (Wildman–Crippen LogP) is 1.98. The fourth-order valence-electron chi connectivity index (χ4n) is 2.09. The topological polar surface area (TPSA) is 97.0 Å². The summed E-state index contributed by atoms with van der Waals surface area (Å²) in [6, 6.07) is 2.80. The van der Waals surface area contributed by atoms with Crippen LogP contribution >= 0.6 is 11.3 Å². The van der Waals surface area contributed by atoms with Crippen molar-refractivity contribution in [3.8, 4) is 5.75 Å². The second kappa shape index (κ2) is 7.24. The van der Waals surface area contributed by atoms with Crippen molar-refractivity contribution in [1.29, 1.82) is 0 Å². The van der Waals surface area contributed by atoms with Crippen LogP contribution in [0.3, 0.4) is 0 Å². The summed E-state index contributed by atoms with van der Waals surface area (Å²) in [6.45, 7) is 1.46. The smallest absolute Gasteiger partial charge is 0.306 e. The van der Waals surface area contributed by atoms with Crippen molar-refractivity contribution in [2.24, 2.45) is 0 Å². The van der Waals surface area contributed by atoms with E-state index in [1.165, 1.54) is 11.3 Å². The van der Waals surface area contributed by atoms with Gasteiger partial charge in [0, 0.05) is 6.07 Å². The molecule has 6 nitrogen and oxygen atoms in total. The molecule has 0 aliphatic heterocycles. The van der Waals surface area contributed by atoms with E-state index >= 15 is 0 Å². The molecule has 2 aromatic rings. The van der Waals surface area contributed by atoms with Crippen LogP contribution in [0.1, 0.15) is 36.3 Å². The van der Waals surface area contributed by atoms with E-state index < -0.39 is 29.7 Å². The number of aliphatic hydroxyl groups is 1. The summed E-state index contributed by atoms with van der Waals surface area (Å²) in [6.07, 6.45) is -0.0735. The molecule has 1 atom stereocenters. The van der Waals surface area contributed by atoms with E-state index in [9.17, 15) is 14.7 Å². The number of ether oxygens (including phenoxy) is 1. The number of aliphatic hydroxyl groups excluding tert-OH is 1. The standard InChI is InChI=1S/C15H16O6S/c1-2-20-13(18)6-11(9-3-4-22-8-9)15-14(19)12(17)5-10(7-16)21-15/h3-5,8,11,16,19H,2,6-7H2,1H3. The zero-order valence-electron chi connectivity index (χ0n) is 11.9. The molecule has 2 heterocycles. The molecule has 0 aliphatic rings. The van der Waals surface area contributed by atoms with E-state index in [0.29, 0.717) is 0 Å². The van der Waals surface area contributed by atoms with Crippen LogP contribution in [0.5, 0.6) is 5.75 Å². The Labute approximate surface area is 130 Å². The van der Waals surface area contributed by atoms with Crippen molar-refractivity contribution in [2.75, 3.05) is 6.61 Å². The van der Waals surface area contributed by atoms with E-state index in [2.05, 4.69) is 0 Å². The summed E-state index contributed by atoms with van der Waals surface area (Å²) in [7, 11) is 0. The number of thiophene rings is 1. The summed E-state index contributed by atoms with van der Waals surface area (Å²) in [5, 5.41) is 22.8. The van der Waals surface area contributed by atoms with Crippen molar-refractivity contribution in [3.63, 3.8) is 0 Å². The minimum absolute atomic E-state index is 0.0295. The van der Waals surface area contributed by atoms with Gasteiger partial charge >= 0.3 is 5.97 Å². The zero-order valence-corrected chi connectivity index (χ0v) is 12.8. The first kappa shape index (κ1) is 16.3. The third kappa shape index (κ3) is 3.55. The molecule has 0 amide bonds. The van der Waals surface area contributed by atoms with Crippen LogP contribution in [0.25, 0.3) is 0 Å². The van der Waals surface area contributed by atoms with Gasteiger partial charge in [0.2, 0.25) is 11.2 Å². The molecule has 0 aliphatic carbocycles. The lowest BCUT2D eigenvalue weighted by Crippen LogP contribution is -2.14. The average molecular weight is 324 g/mol. The highest BCUT2D eigenvalue weighted by atomic mass is 32.1. The zero-order chi connectivity index (χ0) is 16.1. The van der Waals surface area contributed by atoms with E-state index in [4.69, 9.17) is 14.3 Å². The third-order valence-corrected chi connectivity index (χ3v) is 3.80. The molecule has 0 radical (unpaired) electrons. The Morgan fingerprint density at radius 2 is 2.27 bits per heavy atom. The molecular weight excluding hydrogens is 308 g/mol. The van der Waals surface area contributed by atoms with Crippen molar-refractivity contribution in [2.45, 2.75) is 25.9 Å². The van der Waals surface area contributed by atoms with Gasteiger partial charge in [-0.15, -0.1) is 0 Å². The number of carbonyl (C=O) groups is 1. The van der Waals surface area contributed by atoms with Crippen molar-refractivity contribution < 1.29 is 24.2 Å². The van der Waals surface area contributed by atoms with E-state index in [0.717, 1.165) is 11.6 Å². The van der Waals surface area contributed by atoms with Crippen LogP contribution in [-0.2, 0) is 16.1 Å². The fraction of sp³-hybridized carbons (Fsp3) is 0.333. The maximum absolute atomic E-state index is 11.8. The first-order valence-electron chi connectivity index (χ1n) is 6.71. The Hall–Kier alpha value is -2.12. The quantitative estimate of drug-likeness (QED) is 0.789. The van der Waals surface area contributed by atoms with Gasteiger partial charge in [0.15, 0.2) is 5.76 Å². The summed E-state index contributed by atoms with van der Waals surface area (Å²) in [5.41, 5.74) is 0.0704. The Balaban J connectivity index is 2.47. The number of rotatable bonds is 6. The number of hydrogen-bond donors (Lipinski definition) is 2. The molecular formula is C15H16O6S. The van der Waals surface area contributed by atoms with Crippen LogP contribution in [0, 0.1) is 0 Å². The number of aromatic hydroxyl groups is 1. The van der Waals surface area contributed by atoms with Crippen molar-refractivity contribution in [1.82, 2.24) is 0 Å². The van der Waals surface area contributed by atoms with Crippen LogP contribution < -0.4 is 5.43 Å². The number of hydrogen-bond acceptors (Lipinski definition) is 7. The van der Waals surface area contributed by atoms with Gasteiger partial charge in [-0.2, -0.15) is 11.3 Å². The van der Waals surface area contributed by atoms with Gasteiger partial charge in [0.05, 0.1) is 18.9 Å². The monoisotopic (exact) mass is 324 g/mol. The number of esters is 1. The third-order valence-electron chi connectivity index (χ3n) is 3.09. The van der Waals surface area contributed by atoms with Crippen LogP contribution in [0.2, 0.25) is 0 Å². The van der Waals surface area contributed by atoms with Gasteiger partial charge in [0.25, 0.3) is 0 Å². The molecule has 2 N–H and O–H groups in total. The molecule has 0 saturated carbocycles. The first-order valence-corrected chi connectivity index (χ1v) is 7.65. The average Bonchev–Trinajstić information content (AvgIpc) is 3.02. The maximum atomic E-state index is 11.8. The van der Waals surface area contributed by atoms with Gasteiger partial charge in [0.1, 0.15) is 12.4 Å². The summed E-state index contributed by atoms with van der Waals surface area (Å²) >= 11 is 1.42. The normalized spacial score (nSPS) is 12.1. The Kier molecular flexibility index (Phi) is 5.35. The lowest BCUT2D eigenvalue weighted by molar-refractivity contribution is -0.143. The molecule has 2 rings (SSSR count). The molecule has 7 heteroatoms. The predicted molar refractivity (Wildman–Crippen MR) is 80.0 cm³/mol. The molecule has 0 saturated heterocycles. The first-order chi connectivity index (χ1) is 10.6. The second-order valence-electron chi connectivity index (χ2n) is 4.57.